The zero-order valence-corrected chi connectivity index (χ0v) is 15.8. The van der Waals surface area contributed by atoms with Gasteiger partial charge < -0.3 is 14.6 Å². The zero-order chi connectivity index (χ0) is 20.4. The van der Waals surface area contributed by atoms with Gasteiger partial charge >= 0.3 is 0 Å². The second-order valence-electron chi connectivity index (χ2n) is 6.27. The molecule has 0 spiro atoms. The third-order valence-corrected chi connectivity index (χ3v) is 4.51. The molecule has 4 rings (SSSR count). The molecule has 0 aliphatic heterocycles. The van der Waals surface area contributed by atoms with Crippen molar-refractivity contribution < 1.29 is 14.6 Å². The molecule has 0 radical (unpaired) electrons. The zero-order valence-electron chi connectivity index (χ0n) is 15.8. The summed E-state index contributed by atoms with van der Waals surface area (Å²) in [5.41, 5.74) is 3.48. The molecule has 0 amide bonds. The first kappa shape index (κ1) is 18.3. The number of fused-ring (bicyclic) bond motifs is 1. The van der Waals surface area contributed by atoms with Crippen LogP contribution in [0, 0.1) is 11.3 Å². The molecular weight excluding hydrogens is 370 g/mol. The number of pyridine rings is 3. The second-order valence-corrected chi connectivity index (χ2v) is 6.27. The predicted octanol–water partition coefficient (Wildman–Crippen LogP) is 3.27. The number of aromatic nitrogens is 4. The number of hydrogen-bond acceptors (Lipinski definition) is 7. The van der Waals surface area contributed by atoms with Gasteiger partial charge in [-0.05, 0) is 29.8 Å². The Kier molecular flexibility index (Phi) is 4.71. The molecule has 8 heteroatoms. The van der Waals surface area contributed by atoms with Gasteiger partial charge in [-0.3, -0.25) is 9.55 Å². The molecule has 0 atom stereocenters. The molecule has 8 nitrogen and oxygen atoms in total. The number of nitrogens with zero attached hydrogens (tertiary/aromatic N) is 5. The van der Waals surface area contributed by atoms with Crippen LogP contribution >= 0.6 is 0 Å². The maximum atomic E-state index is 10.7. The lowest BCUT2D eigenvalue weighted by atomic mass is 10.1. The van der Waals surface area contributed by atoms with Crippen molar-refractivity contribution >= 4 is 10.9 Å². The highest BCUT2D eigenvalue weighted by molar-refractivity contribution is 5.87. The lowest BCUT2D eigenvalue weighted by molar-refractivity contribution is 0.343. The molecule has 0 aliphatic rings. The van der Waals surface area contributed by atoms with Gasteiger partial charge in [-0.25, -0.2) is 9.97 Å². The molecule has 4 aromatic heterocycles. The van der Waals surface area contributed by atoms with Gasteiger partial charge in [0.05, 0.1) is 55.2 Å². The van der Waals surface area contributed by atoms with E-state index < -0.39 is 0 Å². The van der Waals surface area contributed by atoms with Crippen LogP contribution in [0.2, 0.25) is 0 Å². The summed E-state index contributed by atoms with van der Waals surface area (Å²) < 4.78 is 12.1. The number of hydrogen-bond donors (Lipinski definition) is 1. The first-order valence-electron chi connectivity index (χ1n) is 8.75. The highest BCUT2D eigenvalue weighted by Crippen LogP contribution is 2.33. The largest absolute Gasteiger partial charge is 0.494 e. The third kappa shape index (κ3) is 3.30. The number of nitriles is 1. The van der Waals surface area contributed by atoms with E-state index in [-0.39, 0.29) is 12.3 Å². The van der Waals surface area contributed by atoms with E-state index in [4.69, 9.17) is 14.7 Å². The maximum Gasteiger partial charge on any atom is 0.256 e. The summed E-state index contributed by atoms with van der Waals surface area (Å²) in [6.07, 6.45) is 6.89. The summed E-state index contributed by atoms with van der Waals surface area (Å²) in [7, 11) is 3.08. The first-order valence-corrected chi connectivity index (χ1v) is 8.75. The lowest BCUT2D eigenvalue weighted by Gasteiger charge is -2.08. The fourth-order valence-corrected chi connectivity index (χ4v) is 3.10. The van der Waals surface area contributed by atoms with Crippen LogP contribution < -0.4 is 9.47 Å². The van der Waals surface area contributed by atoms with Crippen LogP contribution in [0.5, 0.6) is 17.5 Å². The van der Waals surface area contributed by atoms with Gasteiger partial charge in [0.2, 0.25) is 5.88 Å². The van der Waals surface area contributed by atoms with E-state index in [1.165, 1.54) is 7.11 Å². The molecule has 144 valence electrons. The lowest BCUT2D eigenvalue weighted by Crippen LogP contribution is -1.94. The van der Waals surface area contributed by atoms with E-state index >= 15 is 0 Å². The molecular formula is C21H17N5O3. The average Bonchev–Trinajstić information content (AvgIpc) is 3.09. The molecule has 0 aromatic carbocycles. The van der Waals surface area contributed by atoms with Gasteiger partial charge in [-0.2, -0.15) is 5.26 Å². The van der Waals surface area contributed by atoms with Crippen molar-refractivity contribution in [3.8, 4) is 40.5 Å². The third-order valence-electron chi connectivity index (χ3n) is 4.51. The van der Waals surface area contributed by atoms with Crippen molar-refractivity contribution in [2.45, 2.75) is 6.42 Å². The standard InChI is InChI=1S/C21H17N5O3/c1-28-19-8-14(10-24-20(19)29-2)17-4-3-16-18(25-17)12-26(21(16)27)15-7-13(5-6-22)9-23-11-15/h3-4,7-12,27H,5H2,1-2H3. The Balaban J connectivity index is 1.78. The van der Waals surface area contributed by atoms with Crippen LogP contribution in [0.1, 0.15) is 5.56 Å². The van der Waals surface area contributed by atoms with Gasteiger partial charge in [0.15, 0.2) is 5.75 Å². The fraction of sp³-hybridized carbons (Fsp3) is 0.143. The predicted molar refractivity (Wildman–Crippen MR) is 106 cm³/mol. The smallest absolute Gasteiger partial charge is 0.256 e. The molecule has 0 fully saturated rings. The number of methoxy groups -OCH3 is 2. The maximum absolute atomic E-state index is 10.7. The average molecular weight is 387 g/mol. The van der Waals surface area contributed by atoms with Crippen molar-refractivity contribution in [1.82, 2.24) is 19.5 Å². The van der Waals surface area contributed by atoms with Gasteiger partial charge in [-0.15, -0.1) is 0 Å². The van der Waals surface area contributed by atoms with Crippen LogP contribution in [0.15, 0.2) is 49.1 Å². The summed E-state index contributed by atoms with van der Waals surface area (Å²) in [4.78, 5) is 13.1. The van der Waals surface area contributed by atoms with E-state index in [1.807, 2.05) is 6.07 Å². The monoisotopic (exact) mass is 387 g/mol. The molecule has 0 saturated heterocycles. The van der Waals surface area contributed by atoms with Crippen molar-refractivity contribution in [1.29, 1.82) is 5.26 Å². The van der Waals surface area contributed by atoms with E-state index in [1.54, 1.807) is 54.7 Å². The highest BCUT2D eigenvalue weighted by atomic mass is 16.5. The van der Waals surface area contributed by atoms with E-state index in [0.717, 1.165) is 11.1 Å². The Morgan fingerprint density at radius 1 is 1.14 bits per heavy atom. The van der Waals surface area contributed by atoms with E-state index in [9.17, 15) is 5.11 Å². The van der Waals surface area contributed by atoms with Gasteiger partial charge in [0.1, 0.15) is 0 Å². The number of ether oxygens (including phenoxy) is 2. The Labute approximate surface area is 166 Å². The SMILES string of the molecule is COc1cc(-c2ccc3c(O)n(-c4cncc(CC#N)c4)cc3n2)cnc1OC. The molecule has 4 aromatic rings. The Hall–Kier alpha value is -4.12. The number of rotatable bonds is 5. The topological polar surface area (TPSA) is 106 Å². The summed E-state index contributed by atoms with van der Waals surface area (Å²) in [6, 6.07) is 9.31. The fourth-order valence-electron chi connectivity index (χ4n) is 3.10. The van der Waals surface area contributed by atoms with Crippen molar-refractivity contribution in [2.24, 2.45) is 0 Å². The van der Waals surface area contributed by atoms with Crippen molar-refractivity contribution in [2.75, 3.05) is 14.2 Å². The second kappa shape index (κ2) is 7.48. The molecule has 0 aliphatic carbocycles. The van der Waals surface area contributed by atoms with E-state index in [0.29, 0.717) is 33.9 Å². The quantitative estimate of drug-likeness (QED) is 0.560. The Morgan fingerprint density at radius 2 is 2.00 bits per heavy atom. The molecule has 1 N–H and O–H groups in total. The molecule has 0 unspecified atom stereocenters. The molecule has 29 heavy (non-hydrogen) atoms. The van der Waals surface area contributed by atoms with Crippen LogP contribution in [-0.2, 0) is 6.42 Å². The Bertz CT molecular complexity index is 1240. The van der Waals surface area contributed by atoms with Crippen LogP contribution in [0.3, 0.4) is 0 Å². The van der Waals surface area contributed by atoms with Crippen LogP contribution in [-0.4, -0.2) is 38.8 Å². The molecule has 4 heterocycles. The highest BCUT2D eigenvalue weighted by Gasteiger charge is 2.14. The van der Waals surface area contributed by atoms with Crippen molar-refractivity contribution in [3.63, 3.8) is 0 Å². The minimum absolute atomic E-state index is 0.0559. The Morgan fingerprint density at radius 3 is 2.76 bits per heavy atom. The first-order chi connectivity index (χ1) is 14.1. The summed E-state index contributed by atoms with van der Waals surface area (Å²) in [5, 5.41) is 20.2. The molecule has 0 bridgehead atoms. The van der Waals surface area contributed by atoms with Crippen LogP contribution in [0.25, 0.3) is 27.8 Å². The van der Waals surface area contributed by atoms with Gasteiger partial charge in [-0.1, -0.05) is 0 Å². The summed E-state index contributed by atoms with van der Waals surface area (Å²) in [6.45, 7) is 0. The number of aromatic hydroxyl groups is 1. The van der Waals surface area contributed by atoms with E-state index in [2.05, 4.69) is 21.0 Å². The molecule has 0 saturated carbocycles. The minimum Gasteiger partial charge on any atom is -0.494 e. The van der Waals surface area contributed by atoms with Crippen LogP contribution in [0.4, 0.5) is 0 Å². The summed E-state index contributed by atoms with van der Waals surface area (Å²) >= 11 is 0. The summed E-state index contributed by atoms with van der Waals surface area (Å²) in [5.74, 6) is 0.957. The normalized spacial score (nSPS) is 10.7. The van der Waals surface area contributed by atoms with Crippen molar-refractivity contribution in [3.05, 3.63) is 54.6 Å². The van der Waals surface area contributed by atoms with Gasteiger partial charge in [0.25, 0.3) is 5.88 Å². The van der Waals surface area contributed by atoms with Gasteiger partial charge in [0, 0.05) is 24.2 Å². The minimum atomic E-state index is 0.0559.